The standard InChI is InChI=1S/C11H15N5O2/c1-17-8-4-3-7(5-9(8)18-2)10(15-12)11-13-6-14-16-11/h3-6,10,15H,12H2,1-2H3,(H,13,14,16). The van der Waals surface area contributed by atoms with E-state index in [0.29, 0.717) is 17.3 Å². The minimum Gasteiger partial charge on any atom is -0.493 e. The normalized spacial score (nSPS) is 12.2. The van der Waals surface area contributed by atoms with Gasteiger partial charge >= 0.3 is 0 Å². The number of benzene rings is 1. The quantitative estimate of drug-likeness (QED) is 0.523. The molecular weight excluding hydrogens is 234 g/mol. The highest BCUT2D eigenvalue weighted by Crippen LogP contribution is 2.30. The number of aromatic nitrogens is 3. The first-order valence-electron chi connectivity index (χ1n) is 5.33. The fourth-order valence-corrected chi connectivity index (χ4v) is 1.72. The fraction of sp³-hybridized carbons (Fsp3) is 0.273. The Morgan fingerprint density at radius 3 is 2.61 bits per heavy atom. The van der Waals surface area contributed by atoms with E-state index in [1.807, 2.05) is 18.2 Å². The van der Waals surface area contributed by atoms with Gasteiger partial charge in [-0.05, 0) is 17.7 Å². The van der Waals surface area contributed by atoms with Crippen LogP contribution in [-0.4, -0.2) is 29.4 Å². The molecule has 0 aliphatic heterocycles. The Morgan fingerprint density at radius 1 is 1.28 bits per heavy atom. The maximum absolute atomic E-state index is 5.55. The molecule has 1 unspecified atom stereocenters. The van der Waals surface area contributed by atoms with Crippen LogP contribution in [0.25, 0.3) is 0 Å². The molecule has 2 rings (SSSR count). The second kappa shape index (κ2) is 5.48. The lowest BCUT2D eigenvalue weighted by atomic mass is 10.1. The lowest BCUT2D eigenvalue weighted by molar-refractivity contribution is 0.354. The van der Waals surface area contributed by atoms with E-state index in [0.717, 1.165) is 5.56 Å². The molecule has 0 amide bonds. The van der Waals surface area contributed by atoms with E-state index >= 15 is 0 Å². The Morgan fingerprint density at radius 2 is 2.06 bits per heavy atom. The lowest BCUT2D eigenvalue weighted by Gasteiger charge is -2.15. The first-order chi connectivity index (χ1) is 8.80. The average Bonchev–Trinajstić information content (AvgIpc) is 2.93. The summed E-state index contributed by atoms with van der Waals surface area (Å²) in [7, 11) is 3.17. The van der Waals surface area contributed by atoms with Crippen LogP contribution in [0.3, 0.4) is 0 Å². The largest absolute Gasteiger partial charge is 0.493 e. The number of nitrogens with zero attached hydrogens (tertiary/aromatic N) is 2. The molecule has 1 aromatic heterocycles. The topological polar surface area (TPSA) is 98.1 Å². The van der Waals surface area contributed by atoms with Gasteiger partial charge in [-0.1, -0.05) is 6.07 Å². The number of rotatable bonds is 5. The van der Waals surface area contributed by atoms with E-state index in [1.54, 1.807) is 14.2 Å². The van der Waals surface area contributed by atoms with Gasteiger partial charge in [0.05, 0.1) is 14.2 Å². The molecule has 7 heteroatoms. The van der Waals surface area contributed by atoms with E-state index in [4.69, 9.17) is 15.3 Å². The number of ether oxygens (including phenoxy) is 2. The summed E-state index contributed by atoms with van der Waals surface area (Å²) in [5, 5.41) is 6.58. The van der Waals surface area contributed by atoms with E-state index in [1.165, 1.54) is 6.33 Å². The lowest BCUT2D eigenvalue weighted by Crippen LogP contribution is -2.29. The third kappa shape index (κ3) is 2.27. The van der Waals surface area contributed by atoms with Crippen molar-refractivity contribution < 1.29 is 9.47 Å². The maximum atomic E-state index is 5.55. The smallest absolute Gasteiger partial charge is 0.161 e. The van der Waals surface area contributed by atoms with Crippen molar-refractivity contribution in [3.63, 3.8) is 0 Å². The van der Waals surface area contributed by atoms with Gasteiger partial charge in [0.15, 0.2) is 11.5 Å². The highest BCUT2D eigenvalue weighted by Gasteiger charge is 2.17. The summed E-state index contributed by atoms with van der Waals surface area (Å²) in [4.78, 5) is 4.08. The van der Waals surface area contributed by atoms with E-state index in [2.05, 4.69) is 20.6 Å². The summed E-state index contributed by atoms with van der Waals surface area (Å²) in [5.41, 5.74) is 3.57. The van der Waals surface area contributed by atoms with Gasteiger partial charge in [-0.15, -0.1) is 0 Å². The van der Waals surface area contributed by atoms with Crippen LogP contribution >= 0.6 is 0 Å². The predicted molar refractivity (Wildman–Crippen MR) is 65.1 cm³/mol. The van der Waals surface area contributed by atoms with Crippen molar-refractivity contribution in [2.24, 2.45) is 5.84 Å². The van der Waals surface area contributed by atoms with Gasteiger partial charge in [-0.2, -0.15) is 5.10 Å². The number of hydrazine groups is 1. The Bertz CT molecular complexity index is 500. The molecule has 0 saturated carbocycles. The van der Waals surface area contributed by atoms with Crippen LogP contribution in [0.15, 0.2) is 24.5 Å². The minimum atomic E-state index is -0.285. The van der Waals surface area contributed by atoms with Crippen LogP contribution in [-0.2, 0) is 0 Å². The molecule has 0 bridgehead atoms. The number of hydrogen-bond acceptors (Lipinski definition) is 6. The third-order valence-electron chi connectivity index (χ3n) is 2.61. The van der Waals surface area contributed by atoms with Gasteiger partial charge < -0.3 is 9.47 Å². The maximum Gasteiger partial charge on any atom is 0.161 e. The van der Waals surface area contributed by atoms with Crippen LogP contribution in [0.1, 0.15) is 17.4 Å². The van der Waals surface area contributed by atoms with E-state index < -0.39 is 0 Å². The van der Waals surface area contributed by atoms with Crippen molar-refractivity contribution in [3.05, 3.63) is 35.9 Å². The second-order valence-electron chi connectivity index (χ2n) is 3.58. The van der Waals surface area contributed by atoms with Gasteiger partial charge in [0.2, 0.25) is 0 Å². The van der Waals surface area contributed by atoms with Crippen molar-refractivity contribution in [2.75, 3.05) is 14.2 Å². The zero-order valence-electron chi connectivity index (χ0n) is 10.2. The molecule has 1 aromatic carbocycles. The zero-order valence-corrected chi connectivity index (χ0v) is 10.2. The highest BCUT2D eigenvalue weighted by molar-refractivity contribution is 5.44. The Labute approximate surface area is 104 Å². The summed E-state index contributed by atoms with van der Waals surface area (Å²) >= 11 is 0. The van der Waals surface area contributed by atoms with Crippen molar-refractivity contribution in [3.8, 4) is 11.5 Å². The summed E-state index contributed by atoms with van der Waals surface area (Å²) < 4.78 is 10.4. The minimum absolute atomic E-state index is 0.285. The van der Waals surface area contributed by atoms with E-state index in [9.17, 15) is 0 Å². The molecule has 18 heavy (non-hydrogen) atoms. The van der Waals surface area contributed by atoms with Crippen LogP contribution in [0.4, 0.5) is 0 Å². The van der Waals surface area contributed by atoms with Crippen molar-refractivity contribution in [1.29, 1.82) is 0 Å². The molecule has 7 nitrogen and oxygen atoms in total. The number of hydrogen-bond donors (Lipinski definition) is 3. The summed E-state index contributed by atoms with van der Waals surface area (Å²) in [6.45, 7) is 0. The Balaban J connectivity index is 2.37. The second-order valence-corrected chi connectivity index (χ2v) is 3.58. The Hall–Kier alpha value is -2.12. The van der Waals surface area contributed by atoms with Gasteiger partial charge in [-0.3, -0.25) is 10.9 Å². The summed E-state index contributed by atoms with van der Waals surface area (Å²) in [6, 6.07) is 5.25. The zero-order chi connectivity index (χ0) is 13.0. The Kier molecular flexibility index (Phi) is 3.75. The predicted octanol–water partition coefficient (Wildman–Crippen LogP) is 0.375. The van der Waals surface area contributed by atoms with Gasteiger partial charge in [-0.25, -0.2) is 10.4 Å². The molecule has 2 aromatic rings. The van der Waals surface area contributed by atoms with Crippen LogP contribution in [0, 0.1) is 0 Å². The molecule has 96 valence electrons. The van der Waals surface area contributed by atoms with Crippen LogP contribution in [0.5, 0.6) is 11.5 Å². The van der Waals surface area contributed by atoms with Crippen molar-refractivity contribution in [2.45, 2.75) is 6.04 Å². The summed E-state index contributed by atoms with van der Waals surface area (Å²) in [6.07, 6.45) is 1.43. The number of methoxy groups -OCH3 is 2. The van der Waals surface area contributed by atoms with Gasteiger partial charge in [0.1, 0.15) is 18.2 Å². The molecule has 4 N–H and O–H groups in total. The monoisotopic (exact) mass is 249 g/mol. The van der Waals surface area contributed by atoms with Gasteiger partial charge in [0, 0.05) is 0 Å². The van der Waals surface area contributed by atoms with Crippen LogP contribution in [0.2, 0.25) is 0 Å². The molecule has 0 aliphatic rings. The SMILES string of the molecule is COc1ccc(C(NN)c2ncn[nH]2)cc1OC. The summed E-state index contributed by atoms with van der Waals surface area (Å²) in [5.74, 6) is 7.47. The number of aromatic amines is 1. The number of nitrogens with two attached hydrogens (primary N) is 1. The molecule has 0 saturated heterocycles. The van der Waals surface area contributed by atoms with Crippen LogP contribution < -0.4 is 20.7 Å². The molecule has 1 atom stereocenters. The number of H-pyrrole nitrogens is 1. The van der Waals surface area contributed by atoms with Crippen molar-refractivity contribution in [1.82, 2.24) is 20.6 Å². The average molecular weight is 249 g/mol. The molecule has 0 radical (unpaired) electrons. The molecule has 1 heterocycles. The molecule has 0 spiro atoms. The van der Waals surface area contributed by atoms with Crippen molar-refractivity contribution >= 4 is 0 Å². The molecule has 0 aliphatic carbocycles. The first-order valence-corrected chi connectivity index (χ1v) is 5.33. The third-order valence-corrected chi connectivity index (χ3v) is 2.61. The van der Waals surface area contributed by atoms with Gasteiger partial charge in [0.25, 0.3) is 0 Å². The molecule has 0 fully saturated rings. The van der Waals surface area contributed by atoms with E-state index in [-0.39, 0.29) is 6.04 Å². The molecular formula is C11H15N5O2. The fourth-order valence-electron chi connectivity index (χ4n) is 1.72. The highest BCUT2D eigenvalue weighted by atomic mass is 16.5. The number of nitrogens with one attached hydrogen (secondary N) is 2. The first kappa shape index (κ1) is 12.3.